The Hall–Kier alpha value is -1.37. The van der Waals surface area contributed by atoms with Crippen molar-refractivity contribution in [2.45, 2.75) is 18.4 Å². The summed E-state index contributed by atoms with van der Waals surface area (Å²) >= 11 is 7.33. The van der Waals surface area contributed by atoms with Gasteiger partial charge in [0.05, 0.1) is 15.8 Å². The summed E-state index contributed by atoms with van der Waals surface area (Å²) in [4.78, 5) is 15.4. The van der Waals surface area contributed by atoms with Crippen LogP contribution in [0.3, 0.4) is 0 Å². The van der Waals surface area contributed by atoms with Crippen molar-refractivity contribution in [3.8, 4) is 0 Å². The van der Waals surface area contributed by atoms with E-state index in [0.717, 1.165) is 11.1 Å². The van der Waals surface area contributed by atoms with E-state index in [2.05, 4.69) is 0 Å². The molecule has 22 heavy (non-hydrogen) atoms. The van der Waals surface area contributed by atoms with Crippen LogP contribution in [0.4, 0.5) is 0 Å². The number of amides is 1. The minimum Gasteiger partial charge on any atom is -0.334 e. The molecule has 0 atom stereocenters. The molecule has 4 nitrogen and oxygen atoms in total. The molecule has 7 heteroatoms. The number of thiophene rings is 1. The number of carbonyl (C=O) groups is 1. The lowest BCUT2D eigenvalue weighted by Gasteiger charge is -2.20. The first-order chi connectivity index (χ1) is 10.3. The number of hydrogen-bond donors (Lipinski definition) is 0. The third kappa shape index (κ3) is 4.09. The molecule has 118 valence electrons. The van der Waals surface area contributed by atoms with Crippen LogP contribution in [0.25, 0.3) is 0 Å². The lowest BCUT2D eigenvalue weighted by atomic mass is 10.2. The number of sulfone groups is 1. The highest BCUT2D eigenvalue weighted by atomic mass is 35.5. The van der Waals surface area contributed by atoms with E-state index < -0.39 is 9.84 Å². The normalized spacial score (nSPS) is 11.4. The third-order valence-corrected chi connectivity index (χ3v) is 5.48. The second-order valence-corrected chi connectivity index (χ2v) is 8.64. The second kappa shape index (κ2) is 6.81. The minimum absolute atomic E-state index is 0.147. The van der Waals surface area contributed by atoms with Crippen molar-refractivity contribution in [1.82, 2.24) is 4.90 Å². The molecule has 0 saturated heterocycles. The first-order valence-electron chi connectivity index (χ1n) is 6.65. The van der Waals surface area contributed by atoms with Gasteiger partial charge in [-0.05, 0) is 37.3 Å². The summed E-state index contributed by atoms with van der Waals surface area (Å²) in [6.07, 6.45) is 1.13. The zero-order valence-corrected chi connectivity index (χ0v) is 14.6. The summed E-state index contributed by atoms with van der Waals surface area (Å²) in [5.74, 6) is -0.197. The van der Waals surface area contributed by atoms with Crippen molar-refractivity contribution in [3.63, 3.8) is 0 Å². The molecule has 0 unspecified atom stereocenters. The van der Waals surface area contributed by atoms with E-state index in [4.69, 9.17) is 11.6 Å². The summed E-state index contributed by atoms with van der Waals surface area (Å²) in [5.41, 5.74) is 0.368. The van der Waals surface area contributed by atoms with Crippen LogP contribution in [0.5, 0.6) is 0 Å². The molecule has 0 bridgehead atoms. The summed E-state index contributed by atoms with van der Waals surface area (Å²) in [7, 11) is -3.33. The molecule has 1 amide bonds. The average molecular weight is 358 g/mol. The highest BCUT2D eigenvalue weighted by molar-refractivity contribution is 7.90. The van der Waals surface area contributed by atoms with E-state index in [1.54, 1.807) is 23.1 Å². The van der Waals surface area contributed by atoms with E-state index in [9.17, 15) is 13.2 Å². The van der Waals surface area contributed by atoms with E-state index in [1.165, 1.54) is 23.5 Å². The molecular formula is C15H16ClNO3S2. The Morgan fingerprint density at radius 3 is 2.55 bits per heavy atom. The van der Waals surface area contributed by atoms with Gasteiger partial charge in [-0.25, -0.2) is 8.42 Å². The molecule has 0 N–H and O–H groups in total. The van der Waals surface area contributed by atoms with Crippen molar-refractivity contribution in [1.29, 1.82) is 0 Å². The first kappa shape index (κ1) is 17.0. The quantitative estimate of drug-likeness (QED) is 0.823. The molecule has 0 radical (unpaired) electrons. The second-order valence-electron chi connectivity index (χ2n) is 4.83. The van der Waals surface area contributed by atoms with Crippen LogP contribution in [-0.2, 0) is 16.4 Å². The molecule has 0 spiro atoms. The van der Waals surface area contributed by atoms with Crippen molar-refractivity contribution < 1.29 is 13.2 Å². The van der Waals surface area contributed by atoms with Crippen LogP contribution >= 0.6 is 22.9 Å². The third-order valence-electron chi connectivity index (χ3n) is 3.15. The summed E-state index contributed by atoms with van der Waals surface area (Å²) in [5, 5.41) is 0. The van der Waals surface area contributed by atoms with Crippen LogP contribution in [0.1, 0.15) is 22.2 Å². The Labute approximate surface area is 139 Å². The minimum atomic E-state index is -3.33. The molecule has 1 aromatic carbocycles. The van der Waals surface area contributed by atoms with Gasteiger partial charge in [0.15, 0.2) is 9.84 Å². The van der Waals surface area contributed by atoms with Crippen molar-refractivity contribution in [2.75, 3.05) is 12.8 Å². The molecule has 0 aliphatic rings. The molecule has 2 rings (SSSR count). The van der Waals surface area contributed by atoms with Gasteiger partial charge < -0.3 is 4.90 Å². The van der Waals surface area contributed by atoms with E-state index in [-0.39, 0.29) is 10.8 Å². The fraction of sp³-hybridized carbons (Fsp3) is 0.267. The van der Waals surface area contributed by atoms with Gasteiger partial charge >= 0.3 is 0 Å². The molecule has 2 aromatic rings. The molecule has 0 aliphatic carbocycles. The number of carbonyl (C=O) groups excluding carboxylic acids is 1. The maximum atomic E-state index is 12.6. The smallest absolute Gasteiger partial charge is 0.254 e. The van der Waals surface area contributed by atoms with Crippen molar-refractivity contribution >= 4 is 38.7 Å². The fourth-order valence-corrected chi connectivity index (χ4v) is 3.76. The molecule has 0 aliphatic heterocycles. The standard InChI is InChI=1S/C15H16ClNO3S2/c1-3-17(10-12-7-8-14(16)21-12)15(18)11-5-4-6-13(9-11)22(2,19)20/h4-9H,3,10H2,1-2H3. The van der Waals surface area contributed by atoms with E-state index in [1.807, 2.05) is 13.0 Å². The van der Waals surface area contributed by atoms with Crippen LogP contribution in [0.2, 0.25) is 4.34 Å². The van der Waals surface area contributed by atoms with Crippen molar-refractivity contribution in [3.05, 3.63) is 51.2 Å². The van der Waals surface area contributed by atoms with Gasteiger partial charge in [-0.1, -0.05) is 17.7 Å². The van der Waals surface area contributed by atoms with Gasteiger partial charge in [0.1, 0.15) is 0 Å². The van der Waals surface area contributed by atoms with Gasteiger partial charge in [0, 0.05) is 23.2 Å². The number of halogens is 1. The van der Waals surface area contributed by atoms with Gasteiger partial charge in [-0.15, -0.1) is 11.3 Å². The van der Waals surface area contributed by atoms with Crippen LogP contribution in [-0.4, -0.2) is 32.0 Å². The van der Waals surface area contributed by atoms with Crippen LogP contribution in [0, 0.1) is 0 Å². The molecule has 1 heterocycles. The van der Waals surface area contributed by atoms with E-state index >= 15 is 0 Å². The van der Waals surface area contributed by atoms with Gasteiger partial charge in [0.2, 0.25) is 0 Å². The Morgan fingerprint density at radius 2 is 2.00 bits per heavy atom. The highest BCUT2D eigenvalue weighted by Gasteiger charge is 2.17. The molecule has 0 fully saturated rings. The largest absolute Gasteiger partial charge is 0.334 e. The van der Waals surface area contributed by atoms with E-state index in [0.29, 0.717) is 23.0 Å². The Bertz CT molecular complexity index is 784. The Balaban J connectivity index is 2.25. The number of benzene rings is 1. The van der Waals surface area contributed by atoms with Crippen molar-refractivity contribution in [2.24, 2.45) is 0 Å². The molecule has 1 aromatic heterocycles. The van der Waals surface area contributed by atoms with Gasteiger partial charge in [-0.2, -0.15) is 0 Å². The first-order valence-corrected chi connectivity index (χ1v) is 9.73. The topological polar surface area (TPSA) is 54.5 Å². The van der Waals surface area contributed by atoms with Crippen LogP contribution < -0.4 is 0 Å². The molecule has 0 saturated carbocycles. The fourth-order valence-electron chi connectivity index (χ4n) is 1.99. The summed E-state index contributed by atoms with van der Waals surface area (Å²) < 4.78 is 23.9. The maximum Gasteiger partial charge on any atom is 0.254 e. The maximum absolute atomic E-state index is 12.6. The predicted octanol–water partition coefficient (Wildman–Crippen LogP) is 3.47. The zero-order chi connectivity index (χ0) is 16.3. The lowest BCUT2D eigenvalue weighted by Crippen LogP contribution is -2.30. The summed E-state index contributed by atoms with van der Waals surface area (Å²) in [6, 6.07) is 9.80. The Morgan fingerprint density at radius 1 is 1.27 bits per heavy atom. The SMILES string of the molecule is CCN(Cc1ccc(Cl)s1)C(=O)c1cccc(S(C)(=O)=O)c1. The van der Waals surface area contributed by atoms with Gasteiger partial charge in [-0.3, -0.25) is 4.79 Å². The Kier molecular flexibility index (Phi) is 5.26. The van der Waals surface area contributed by atoms with Gasteiger partial charge in [0.25, 0.3) is 5.91 Å². The highest BCUT2D eigenvalue weighted by Crippen LogP contribution is 2.23. The lowest BCUT2D eigenvalue weighted by molar-refractivity contribution is 0.0754. The monoisotopic (exact) mass is 357 g/mol. The number of rotatable bonds is 5. The average Bonchev–Trinajstić information content (AvgIpc) is 2.88. The number of nitrogens with zero attached hydrogens (tertiary/aromatic N) is 1. The summed E-state index contributed by atoms with van der Waals surface area (Å²) in [6.45, 7) is 2.86. The predicted molar refractivity (Wildman–Crippen MR) is 89.3 cm³/mol. The number of hydrogen-bond acceptors (Lipinski definition) is 4. The molecular weight excluding hydrogens is 342 g/mol. The van der Waals surface area contributed by atoms with Crippen LogP contribution in [0.15, 0.2) is 41.3 Å². The zero-order valence-electron chi connectivity index (χ0n) is 12.2.